The second-order valence-corrected chi connectivity index (χ2v) is 7.60. The Bertz CT molecular complexity index is 978. The molecule has 0 atom stereocenters. The minimum absolute atomic E-state index is 0.104. The molecule has 4 rings (SSSR count). The number of hydrogen-bond acceptors (Lipinski definition) is 4. The number of ether oxygens (including phenoxy) is 1. The maximum absolute atomic E-state index is 13.0. The van der Waals surface area contributed by atoms with E-state index in [4.69, 9.17) is 9.84 Å². The number of rotatable bonds is 7. The Labute approximate surface area is 177 Å². The van der Waals surface area contributed by atoms with Crippen molar-refractivity contribution in [1.82, 2.24) is 20.0 Å². The molecule has 1 fully saturated rings. The van der Waals surface area contributed by atoms with Gasteiger partial charge in [-0.25, -0.2) is 4.68 Å². The summed E-state index contributed by atoms with van der Waals surface area (Å²) in [5.41, 5.74) is 4.34. The van der Waals surface area contributed by atoms with Crippen LogP contribution in [-0.2, 0) is 4.74 Å². The molecule has 2 aromatic carbocycles. The summed E-state index contributed by atoms with van der Waals surface area (Å²) in [6, 6.07) is 19.9. The van der Waals surface area contributed by atoms with Crippen molar-refractivity contribution < 1.29 is 9.53 Å². The van der Waals surface area contributed by atoms with E-state index in [1.165, 1.54) is 0 Å². The second-order valence-electron chi connectivity index (χ2n) is 7.60. The minimum atomic E-state index is -0.104. The van der Waals surface area contributed by atoms with Gasteiger partial charge < -0.3 is 10.1 Å². The highest BCUT2D eigenvalue weighted by Gasteiger charge is 2.18. The number of morpholine rings is 1. The first-order chi connectivity index (χ1) is 14.7. The van der Waals surface area contributed by atoms with Gasteiger partial charge in [-0.3, -0.25) is 9.69 Å². The van der Waals surface area contributed by atoms with E-state index in [1.54, 1.807) is 4.68 Å². The zero-order valence-corrected chi connectivity index (χ0v) is 17.4. The molecule has 0 bridgehead atoms. The fourth-order valence-electron chi connectivity index (χ4n) is 3.67. The van der Waals surface area contributed by atoms with Gasteiger partial charge in [0.25, 0.3) is 5.91 Å². The van der Waals surface area contributed by atoms with Crippen LogP contribution in [0, 0.1) is 6.92 Å². The first-order valence-corrected chi connectivity index (χ1v) is 10.5. The first-order valence-electron chi connectivity index (χ1n) is 10.5. The summed E-state index contributed by atoms with van der Waals surface area (Å²) < 4.78 is 7.13. The molecular weight excluding hydrogens is 376 g/mol. The molecule has 30 heavy (non-hydrogen) atoms. The largest absolute Gasteiger partial charge is 0.379 e. The van der Waals surface area contributed by atoms with E-state index in [1.807, 2.05) is 67.6 Å². The maximum Gasteiger partial charge on any atom is 0.270 e. The van der Waals surface area contributed by atoms with E-state index in [0.29, 0.717) is 12.2 Å². The Balaban J connectivity index is 1.50. The lowest BCUT2D eigenvalue weighted by Gasteiger charge is -2.26. The number of benzene rings is 2. The Morgan fingerprint density at radius 1 is 1.07 bits per heavy atom. The molecule has 0 aliphatic carbocycles. The van der Waals surface area contributed by atoms with Crippen molar-refractivity contribution in [1.29, 1.82) is 0 Å². The molecule has 0 unspecified atom stereocenters. The molecule has 2 heterocycles. The van der Waals surface area contributed by atoms with E-state index in [0.717, 1.165) is 61.8 Å². The van der Waals surface area contributed by atoms with E-state index in [-0.39, 0.29) is 5.91 Å². The average Bonchev–Trinajstić information content (AvgIpc) is 3.24. The highest BCUT2D eigenvalue weighted by molar-refractivity contribution is 5.94. The van der Waals surface area contributed by atoms with Gasteiger partial charge in [-0.1, -0.05) is 42.5 Å². The van der Waals surface area contributed by atoms with Crippen molar-refractivity contribution in [3.05, 3.63) is 71.9 Å². The molecule has 1 aromatic heterocycles. The lowest BCUT2D eigenvalue weighted by atomic mass is 10.1. The average molecular weight is 405 g/mol. The van der Waals surface area contributed by atoms with Gasteiger partial charge in [-0.15, -0.1) is 0 Å². The van der Waals surface area contributed by atoms with Crippen molar-refractivity contribution in [3.63, 3.8) is 0 Å². The van der Waals surface area contributed by atoms with Crippen LogP contribution in [0.2, 0.25) is 0 Å². The topological polar surface area (TPSA) is 59.4 Å². The van der Waals surface area contributed by atoms with Crippen LogP contribution in [0.3, 0.4) is 0 Å². The zero-order valence-electron chi connectivity index (χ0n) is 17.4. The third kappa shape index (κ3) is 4.96. The molecule has 1 aliphatic rings. The van der Waals surface area contributed by atoms with Gasteiger partial charge in [0.15, 0.2) is 0 Å². The smallest absolute Gasteiger partial charge is 0.270 e. The maximum atomic E-state index is 13.0. The number of amides is 1. The fraction of sp³-hybridized carbons (Fsp3) is 0.333. The van der Waals surface area contributed by atoms with Crippen LogP contribution in [-0.4, -0.2) is 60.0 Å². The predicted octanol–water partition coefficient (Wildman–Crippen LogP) is 3.30. The van der Waals surface area contributed by atoms with E-state index in [9.17, 15) is 4.79 Å². The molecule has 6 heteroatoms. The van der Waals surface area contributed by atoms with Crippen molar-refractivity contribution in [2.75, 3.05) is 39.4 Å². The molecule has 0 radical (unpaired) electrons. The van der Waals surface area contributed by atoms with Gasteiger partial charge in [0, 0.05) is 25.2 Å². The number of aryl methyl sites for hydroxylation is 1. The standard InChI is InChI=1S/C24H28N4O2/c1-19-7-5-10-21(17-19)28-23(18-22(26-28)20-8-3-2-4-9-20)24(29)25-11-6-12-27-13-15-30-16-14-27/h2-5,7-10,17-18H,6,11-16H2,1H3,(H,25,29). The van der Waals surface area contributed by atoms with Crippen LogP contribution >= 0.6 is 0 Å². The normalized spacial score (nSPS) is 14.6. The molecule has 0 saturated carbocycles. The summed E-state index contributed by atoms with van der Waals surface area (Å²) in [4.78, 5) is 15.4. The molecular formula is C24H28N4O2. The molecule has 1 saturated heterocycles. The van der Waals surface area contributed by atoms with Crippen LogP contribution in [0.4, 0.5) is 0 Å². The Morgan fingerprint density at radius 2 is 1.87 bits per heavy atom. The molecule has 0 spiro atoms. The van der Waals surface area contributed by atoms with E-state index < -0.39 is 0 Å². The lowest BCUT2D eigenvalue weighted by molar-refractivity contribution is 0.0374. The van der Waals surface area contributed by atoms with Gasteiger partial charge in [-0.05, 0) is 43.7 Å². The molecule has 1 N–H and O–H groups in total. The van der Waals surface area contributed by atoms with E-state index >= 15 is 0 Å². The summed E-state index contributed by atoms with van der Waals surface area (Å²) in [6.45, 7) is 7.17. The molecule has 1 aliphatic heterocycles. The minimum Gasteiger partial charge on any atom is -0.379 e. The van der Waals surface area contributed by atoms with Crippen molar-refractivity contribution in [3.8, 4) is 16.9 Å². The van der Waals surface area contributed by atoms with Gasteiger partial charge >= 0.3 is 0 Å². The second kappa shape index (κ2) is 9.69. The zero-order chi connectivity index (χ0) is 20.8. The van der Waals surface area contributed by atoms with Gasteiger partial charge in [0.1, 0.15) is 5.69 Å². The Morgan fingerprint density at radius 3 is 2.63 bits per heavy atom. The lowest BCUT2D eigenvalue weighted by Crippen LogP contribution is -2.38. The van der Waals surface area contributed by atoms with Gasteiger partial charge in [-0.2, -0.15) is 5.10 Å². The van der Waals surface area contributed by atoms with Gasteiger partial charge in [0.2, 0.25) is 0 Å². The predicted molar refractivity (Wildman–Crippen MR) is 118 cm³/mol. The Kier molecular flexibility index (Phi) is 6.57. The van der Waals surface area contributed by atoms with Crippen LogP contribution in [0.15, 0.2) is 60.7 Å². The summed E-state index contributed by atoms with van der Waals surface area (Å²) in [7, 11) is 0. The number of carbonyl (C=O) groups excluding carboxylic acids is 1. The van der Waals surface area contributed by atoms with E-state index in [2.05, 4.69) is 10.2 Å². The van der Waals surface area contributed by atoms with Gasteiger partial charge in [0.05, 0.1) is 24.6 Å². The monoisotopic (exact) mass is 404 g/mol. The van der Waals surface area contributed by atoms with Crippen molar-refractivity contribution in [2.24, 2.45) is 0 Å². The summed E-state index contributed by atoms with van der Waals surface area (Å²) in [5, 5.41) is 7.82. The number of aromatic nitrogens is 2. The third-order valence-corrected chi connectivity index (χ3v) is 5.30. The fourth-order valence-corrected chi connectivity index (χ4v) is 3.67. The van der Waals surface area contributed by atoms with Crippen LogP contribution < -0.4 is 5.32 Å². The molecule has 3 aromatic rings. The number of nitrogens with one attached hydrogen (secondary N) is 1. The van der Waals surface area contributed by atoms with Crippen LogP contribution in [0.1, 0.15) is 22.5 Å². The molecule has 156 valence electrons. The quantitative estimate of drug-likeness (QED) is 0.614. The summed E-state index contributed by atoms with van der Waals surface area (Å²) in [6.07, 6.45) is 0.913. The van der Waals surface area contributed by atoms with Crippen LogP contribution in [0.25, 0.3) is 16.9 Å². The van der Waals surface area contributed by atoms with Crippen molar-refractivity contribution >= 4 is 5.91 Å². The molecule has 1 amide bonds. The first kappa shape index (κ1) is 20.3. The number of carbonyl (C=O) groups is 1. The Hall–Kier alpha value is -2.96. The van der Waals surface area contributed by atoms with Crippen molar-refractivity contribution in [2.45, 2.75) is 13.3 Å². The highest BCUT2D eigenvalue weighted by Crippen LogP contribution is 2.22. The summed E-state index contributed by atoms with van der Waals surface area (Å²) >= 11 is 0. The number of hydrogen-bond donors (Lipinski definition) is 1. The molecule has 6 nitrogen and oxygen atoms in total. The SMILES string of the molecule is Cc1cccc(-n2nc(-c3ccccc3)cc2C(=O)NCCCN2CCOCC2)c1. The third-order valence-electron chi connectivity index (χ3n) is 5.30. The summed E-state index contributed by atoms with van der Waals surface area (Å²) in [5.74, 6) is -0.104. The number of nitrogens with zero attached hydrogens (tertiary/aromatic N) is 3. The van der Waals surface area contributed by atoms with Crippen LogP contribution in [0.5, 0.6) is 0 Å². The highest BCUT2D eigenvalue weighted by atomic mass is 16.5.